The molecule has 0 amide bonds. The van der Waals surface area contributed by atoms with Crippen LogP contribution in [0.25, 0.3) is 0 Å². The van der Waals surface area contributed by atoms with E-state index in [4.69, 9.17) is 19.3 Å². The Balaban J connectivity index is 4.01. The molecule has 0 aliphatic rings. The molecule has 0 bridgehead atoms. The molecule has 0 saturated carbocycles. The number of carbonyl (C=O) groups excluding carboxylic acids is 2. The van der Waals surface area contributed by atoms with Gasteiger partial charge in [-0.15, -0.1) is 0 Å². The third-order valence-corrected chi connectivity index (χ3v) is 9.19. The van der Waals surface area contributed by atoms with E-state index in [2.05, 4.69) is 91.3 Å². The molecule has 0 fully saturated rings. The van der Waals surface area contributed by atoms with Crippen molar-refractivity contribution in [3.8, 4) is 0 Å². The van der Waals surface area contributed by atoms with Crippen LogP contribution in [0.5, 0.6) is 0 Å². The van der Waals surface area contributed by atoms with Crippen molar-refractivity contribution >= 4 is 19.8 Å². The van der Waals surface area contributed by atoms with E-state index in [9.17, 15) is 14.2 Å². The van der Waals surface area contributed by atoms with Crippen molar-refractivity contribution in [3.63, 3.8) is 0 Å². The quantitative estimate of drug-likeness (QED) is 0.0275. The van der Waals surface area contributed by atoms with Gasteiger partial charge in [-0.3, -0.25) is 14.1 Å². The fourth-order valence-corrected chi connectivity index (χ4v) is 5.93. The zero-order valence-corrected chi connectivity index (χ0v) is 35.0. The van der Waals surface area contributed by atoms with Crippen LogP contribution in [0.3, 0.4) is 0 Å². The van der Waals surface area contributed by atoms with Crippen LogP contribution in [0, 0.1) is 0 Å². The Morgan fingerprint density at radius 2 is 0.889 bits per heavy atom. The predicted molar refractivity (Wildman–Crippen MR) is 225 cm³/mol. The second-order valence-electron chi connectivity index (χ2n) is 13.9. The lowest BCUT2D eigenvalue weighted by molar-refractivity contribution is -0.161. The lowest BCUT2D eigenvalue weighted by atomic mass is 10.1. The van der Waals surface area contributed by atoms with Crippen molar-refractivity contribution in [2.75, 3.05) is 13.2 Å². The molecule has 0 aromatic carbocycles. The number of phosphoric ester groups is 1. The number of phosphoric acid groups is 1. The first-order valence-electron chi connectivity index (χ1n) is 21.2. The summed E-state index contributed by atoms with van der Waals surface area (Å²) in [5.74, 6) is -0.931. The molecule has 310 valence electrons. The first-order valence-corrected chi connectivity index (χ1v) is 22.8. The molecule has 8 nitrogen and oxygen atoms in total. The molecule has 54 heavy (non-hydrogen) atoms. The molecule has 0 aromatic heterocycles. The van der Waals surface area contributed by atoms with Gasteiger partial charge >= 0.3 is 19.8 Å². The summed E-state index contributed by atoms with van der Waals surface area (Å²) in [6.07, 6.45) is 51.9. The maximum Gasteiger partial charge on any atom is 0.469 e. The van der Waals surface area contributed by atoms with Gasteiger partial charge < -0.3 is 19.3 Å². The van der Waals surface area contributed by atoms with Crippen molar-refractivity contribution in [1.82, 2.24) is 0 Å². The first-order chi connectivity index (χ1) is 26.3. The minimum Gasteiger partial charge on any atom is -0.462 e. The minimum absolute atomic E-state index is 0.169. The third kappa shape index (κ3) is 42.2. The summed E-state index contributed by atoms with van der Waals surface area (Å²) < 4.78 is 26.4. The van der Waals surface area contributed by atoms with E-state index in [-0.39, 0.29) is 19.4 Å². The fraction of sp³-hybridized carbons (Fsp3) is 0.689. The van der Waals surface area contributed by atoms with Gasteiger partial charge in [0.2, 0.25) is 0 Å². The monoisotopic (exact) mass is 777 g/mol. The zero-order valence-electron chi connectivity index (χ0n) is 34.1. The van der Waals surface area contributed by atoms with E-state index in [0.29, 0.717) is 12.8 Å². The third-order valence-electron chi connectivity index (χ3n) is 8.71. The number of esters is 2. The summed E-state index contributed by atoms with van der Waals surface area (Å²) in [6, 6.07) is 0. The molecular formula is C45H77O8P. The summed E-state index contributed by atoms with van der Waals surface area (Å²) >= 11 is 0. The number of rotatable bonds is 38. The van der Waals surface area contributed by atoms with E-state index >= 15 is 0 Å². The molecule has 0 heterocycles. The fourth-order valence-electron chi connectivity index (χ4n) is 5.57. The Morgan fingerprint density at radius 3 is 1.37 bits per heavy atom. The number of hydrogen-bond acceptors (Lipinski definition) is 6. The van der Waals surface area contributed by atoms with Gasteiger partial charge in [0.15, 0.2) is 6.10 Å². The van der Waals surface area contributed by atoms with Crippen LogP contribution in [0.2, 0.25) is 0 Å². The second-order valence-corrected chi connectivity index (χ2v) is 15.2. The normalized spacial score (nSPS) is 13.2. The highest BCUT2D eigenvalue weighted by atomic mass is 31.2. The topological polar surface area (TPSA) is 119 Å². The smallest absolute Gasteiger partial charge is 0.462 e. The lowest BCUT2D eigenvalue weighted by Gasteiger charge is -2.18. The summed E-state index contributed by atoms with van der Waals surface area (Å²) in [4.78, 5) is 42.9. The lowest BCUT2D eigenvalue weighted by Crippen LogP contribution is -2.29. The average Bonchev–Trinajstić information content (AvgIpc) is 3.14. The molecule has 0 rings (SSSR count). The number of unbranched alkanes of at least 4 members (excludes halogenated alkanes) is 16. The van der Waals surface area contributed by atoms with Crippen LogP contribution in [0.4, 0.5) is 0 Å². The number of hydrogen-bond donors (Lipinski definition) is 2. The maximum atomic E-state index is 12.4. The van der Waals surface area contributed by atoms with Crippen molar-refractivity contribution in [2.24, 2.45) is 0 Å². The van der Waals surface area contributed by atoms with Crippen LogP contribution in [-0.2, 0) is 28.2 Å². The summed E-state index contributed by atoms with van der Waals surface area (Å²) in [6.45, 7) is 3.53. The average molecular weight is 777 g/mol. The minimum atomic E-state index is -4.77. The Morgan fingerprint density at radius 1 is 0.500 bits per heavy atom. The number of ether oxygens (including phenoxy) is 2. The predicted octanol–water partition coefficient (Wildman–Crippen LogP) is 13.1. The highest BCUT2D eigenvalue weighted by Crippen LogP contribution is 2.36. The first kappa shape index (κ1) is 51.5. The van der Waals surface area contributed by atoms with Gasteiger partial charge in [-0.2, -0.15) is 0 Å². The summed E-state index contributed by atoms with van der Waals surface area (Å²) in [5.41, 5.74) is 0. The Bertz CT molecular complexity index is 1100. The molecular weight excluding hydrogens is 699 g/mol. The van der Waals surface area contributed by atoms with Gasteiger partial charge in [0.25, 0.3) is 0 Å². The van der Waals surface area contributed by atoms with E-state index in [0.717, 1.165) is 77.0 Å². The van der Waals surface area contributed by atoms with Crippen LogP contribution in [-0.4, -0.2) is 41.0 Å². The van der Waals surface area contributed by atoms with Crippen LogP contribution < -0.4 is 0 Å². The molecule has 0 spiro atoms. The van der Waals surface area contributed by atoms with Gasteiger partial charge in [0, 0.05) is 12.8 Å². The SMILES string of the molecule is CC/C=C\C/C=C\C/C=C\C/C=C\C/C=C\CCCCCC(=O)O[C@H](COC(=O)CCCCCCCCC/C=C\CCCCCCCC)COP(=O)(O)O. The van der Waals surface area contributed by atoms with Crippen LogP contribution in [0.1, 0.15) is 181 Å². The highest BCUT2D eigenvalue weighted by Gasteiger charge is 2.22. The van der Waals surface area contributed by atoms with Crippen molar-refractivity contribution in [2.45, 2.75) is 187 Å². The van der Waals surface area contributed by atoms with Gasteiger partial charge in [0.1, 0.15) is 6.61 Å². The molecule has 0 radical (unpaired) electrons. The Kier molecular flexibility index (Phi) is 38.3. The van der Waals surface area contributed by atoms with E-state index in [1.165, 1.54) is 64.2 Å². The molecule has 1 atom stereocenters. The van der Waals surface area contributed by atoms with Crippen LogP contribution in [0.15, 0.2) is 72.9 Å². The molecule has 0 saturated heterocycles. The molecule has 0 aliphatic carbocycles. The van der Waals surface area contributed by atoms with E-state index < -0.39 is 32.5 Å². The van der Waals surface area contributed by atoms with Crippen molar-refractivity contribution in [1.29, 1.82) is 0 Å². The summed E-state index contributed by atoms with van der Waals surface area (Å²) in [7, 11) is -4.77. The van der Waals surface area contributed by atoms with Gasteiger partial charge in [-0.25, -0.2) is 4.57 Å². The Hall–Kier alpha value is -2.51. The van der Waals surface area contributed by atoms with Crippen molar-refractivity contribution in [3.05, 3.63) is 72.9 Å². The molecule has 0 unspecified atom stereocenters. The maximum absolute atomic E-state index is 12.4. The number of carbonyl (C=O) groups is 2. The molecule has 9 heteroatoms. The van der Waals surface area contributed by atoms with E-state index in [1.54, 1.807) is 0 Å². The van der Waals surface area contributed by atoms with E-state index in [1.807, 2.05) is 0 Å². The molecule has 2 N–H and O–H groups in total. The van der Waals surface area contributed by atoms with Gasteiger partial charge in [-0.05, 0) is 83.5 Å². The molecule has 0 aromatic rings. The second kappa shape index (κ2) is 40.2. The molecule has 0 aliphatic heterocycles. The number of allylic oxidation sites excluding steroid dienone is 12. The zero-order chi connectivity index (χ0) is 39.6. The van der Waals surface area contributed by atoms with Crippen molar-refractivity contribution < 1.29 is 37.9 Å². The van der Waals surface area contributed by atoms with Crippen LogP contribution >= 0.6 is 7.82 Å². The largest absolute Gasteiger partial charge is 0.469 e. The van der Waals surface area contributed by atoms with Gasteiger partial charge in [-0.1, -0.05) is 157 Å². The van der Waals surface area contributed by atoms with Gasteiger partial charge in [0.05, 0.1) is 6.61 Å². The highest BCUT2D eigenvalue weighted by molar-refractivity contribution is 7.46. The summed E-state index contributed by atoms with van der Waals surface area (Å²) in [5, 5.41) is 0. The Labute approximate surface area is 329 Å². The standard InChI is InChI=1S/C45H77O8P/c1-3-5-7-9-11-13-15-17-19-21-22-24-26-28-30-32-34-36-38-40-45(47)53-43(42-52-54(48,49)50)41-51-44(46)39-37-35-33-31-29-27-25-23-20-18-16-14-12-10-8-6-4-2/h5,7,11,13,17-20,22,24,28,30,43H,3-4,6,8-10,12,14-16,21,23,25-27,29,31-42H2,1-2H3,(H2,48,49,50)/b7-5-,13-11-,19-17-,20-18-,24-22-,30-28-/t43-/m1/s1.